The predicted molar refractivity (Wildman–Crippen MR) is 127 cm³/mol. The summed E-state index contributed by atoms with van der Waals surface area (Å²) < 4.78 is 46.5. The van der Waals surface area contributed by atoms with Crippen LogP contribution in [0.1, 0.15) is 10.4 Å². The molecular weight excluding hydrogens is 478 g/mol. The molecule has 3 aromatic carbocycles. The fraction of sp³-hybridized carbons (Fsp3) is 0.130. The van der Waals surface area contributed by atoms with Crippen molar-refractivity contribution in [3.05, 3.63) is 71.0 Å². The van der Waals surface area contributed by atoms with Crippen LogP contribution in [0, 0.1) is 0 Å². The number of ether oxygens (including phenoxy) is 3. The number of rotatable bonds is 5. The lowest BCUT2D eigenvalue weighted by molar-refractivity contribution is 0.0998. The quantitative estimate of drug-likeness (QED) is 0.452. The first kappa shape index (κ1) is 22.0. The van der Waals surface area contributed by atoms with Crippen LogP contribution in [0.3, 0.4) is 0 Å². The van der Waals surface area contributed by atoms with Crippen LogP contribution < -0.4 is 23.7 Å². The number of carbonyl (C=O) groups excluding carboxylic acids is 1. The number of sulfonamides is 1. The number of methoxy groups -OCH3 is 1. The zero-order valence-electron chi connectivity index (χ0n) is 18.1. The molecule has 1 aromatic heterocycles. The van der Waals surface area contributed by atoms with Gasteiger partial charge in [0.25, 0.3) is 15.9 Å². The Morgan fingerprint density at radius 3 is 2.56 bits per heavy atom. The van der Waals surface area contributed by atoms with Gasteiger partial charge in [0.05, 0.1) is 22.2 Å². The van der Waals surface area contributed by atoms with Crippen molar-refractivity contribution in [3.63, 3.8) is 0 Å². The number of amides is 1. The van der Waals surface area contributed by atoms with E-state index >= 15 is 0 Å². The maximum absolute atomic E-state index is 12.9. The first-order chi connectivity index (χ1) is 16.3. The summed E-state index contributed by atoms with van der Waals surface area (Å²) in [7, 11) is -0.527. The van der Waals surface area contributed by atoms with E-state index in [9.17, 15) is 13.2 Å². The van der Waals surface area contributed by atoms with Gasteiger partial charge in [0.15, 0.2) is 16.3 Å². The van der Waals surface area contributed by atoms with Gasteiger partial charge in [-0.15, -0.1) is 0 Å². The van der Waals surface area contributed by atoms with Crippen LogP contribution in [-0.2, 0) is 17.1 Å². The van der Waals surface area contributed by atoms with E-state index in [0.29, 0.717) is 22.0 Å². The van der Waals surface area contributed by atoms with Gasteiger partial charge in [-0.25, -0.2) is 8.42 Å². The second kappa shape index (κ2) is 8.50. The lowest BCUT2D eigenvalue weighted by atomic mass is 10.2. The van der Waals surface area contributed by atoms with Crippen LogP contribution in [0.2, 0.25) is 0 Å². The largest absolute Gasteiger partial charge is 0.497 e. The van der Waals surface area contributed by atoms with Crippen molar-refractivity contribution in [3.8, 4) is 17.2 Å². The molecule has 4 aromatic rings. The molecule has 11 heteroatoms. The third kappa shape index (κ3) is 4.11. The molecule has 1 aliphatic rings. The molecule has 0 spiro atoms. The van der Waals surface area contributed by atoms with E-state index in [4.69, 9.17) is 14.2 Å². The Morgan fingerprint density at radius 1 is 1.09 bits per heavy atom. The number of carbonyl (C=O) groups is 1. The van der Waals surface area contributed by atoms with Crippen molar-refractivity contribution in [2.45, 2.75) is 4.90 Å². The molecule has 9 nitrogen and oxygen atoms in total. The second-order valence-electron chi connectivity index (χ2n) is 7.40. The Labute approximate surface area is 198 Å². The molecule has 0 saturated carbocycles. The Hall–Kier alpha value is -3.83. The second-order valence-corrected chi connectivity index (χ2v) is 10.1. The number of fused-ring (bicyclic) bond motifs is 2. The third-order valence-corrected chi connectivity index (χ3v) is 7.72. The van der Waals surface area contributed by atoms with Crippen molar-refractivity contribution in [1.29, 1.82) is 0 Å². The van der Waals surface area contributed by atoms with E-state index in [1.54, 1.807) is 34.9 Å². The lowest BCUT2D eigenvalue weighted by Gasteiger charge is -2.09. The summed E-state index contributed by atoms with van der Waals surface area (Å²) in [6, 6.07) is 15.9. The van der Waals surface area contributed by atoms with E-state index in [-0.39, 0.29) is 22.9 Å². The highest BCUT2D eigenvalue weighted by Crippen LogP contribution is 2.36. The Bertz CT molecular complexity index is 1590. The number of nitrogens with zero attached hydrogens (tertiary/aromatic N) is 2. The zero-order valence-corrected chi connectivity index (χ0v) is 19.8. The zero-order chi connectivity index (χ0) is 23.9. The summed E-state index contributed by atoms with van der Waals surface area (Å²) in [4.78, 5) is 17.7. The predicted octanol–water partition coefficient (Wildman–Crippen LogP) is 3.52. The van der Waals surface area contributed by atoms with E-state index in [1.807, 2.05) is 19.2 Å². The minimum Gasteiger partial charge on any atom is -0.497 e. The molecule has 5 rings (SSSR count). The summed E-state index contributed by atoms with van der Waals surface area (Å²) in [5.74, 6) is 1.36. The highest BCUT2D eigenvalue weighted by Gasteiger charge is 2.18. The number of thiazole rings is 1. The Kier molecular flexibility index (Phi) is 5.50. The fourth-order valence-electron chi connectivity index (χ4n) is 3.46. The molecule has 0 atom stereocenters. The number of benzene rings is 3. The minimum absolute atomic E-state index is 0.0758. The van der Waals surface area contributed by atoms with Crippen LogP contribution in [0.15, 0.2) is 70.6 Å². The van der Waals surface area contributed by atoms with Gasteiger partial charge in [-0.05, 0) is 42.5 Å². The van der Waals surface area contributed by atoms with Gasteiger partial charge < -0.3 is 18.8 Å². The maximum atomic E-state index is 12.9. The number of aromatic nitrogens is 1. The molecule has 0 radical (unpaired) electrons. The number of aryl methyl sites for hydroxylation is 1. The number of anilines is 1. The van der Waals surface area contributed by atoms with Gasteiger partial charge in [0.1, 0.15) is 5.75 Å². The summed E-state index contributed by atoms with van der Waals surface area (Å²) >= 11 is 1.35. The van der Waals surface area contributed by atoms with Crippen LogP contribution in [0.25, 0.3) is 10.2 Å². The van der Waals surface area contributed by atoms with E-state index in [2.05, 4.69) is 9.71 Å². The molecule has 0 aliphatic carbocycles. The third-order valence-electron chi connectivity index (χ3n) is 5.23. The van der Waals surface area contributed by atoms with E-state index in [1.165, 1.54) is 36.6 Å². The van der Waals surface area contributed by atoms with Gasteiger partial charge in [0.2, 0.25) is 6.79 Å². The SMILES string of the molecule is COc1ccc(S(=O)(=O)Nc2cccc(C(=O)N=c3sc4cc5c(cc4n3C)OCO5)c2)cc1. The van der Waals surface area contributed by atoms with Crippen LogP contribution in [0.5, 0.6) is 17.2 Å². The molecule has 1 N–H and O–H groups in total. The molecule has 0 fully saturated rings. The van der Waals surface area contributed by atoms with Crippen molar-refractivity contribution >= 4 is 43.2 Å². The summed E-state index contributed by atoms with van der Waals surface area (Å²) in [5, 5.41) is 0. The molecule has 0 unspecified atom stereocenters. The summed E-state index contributed by atoms with van der Waals surface area (Å²) in [6.07, 6.45) is 0. The van der Waals surface area contributed by atoms with Crippen LogP contribution in [-0.4, -0.2) is 32.8 Å². The number of hydrogen-bond acceptors (Lipinski definition) is 7. The molecule has 34 heavy (non-hydrogen) atoms. The lowest BCUT2D eigenvalue weighted by Crippen LogP contribution is -2.14. The van der Waals surface area contributed by atoms with Crippen LogP contribution in [0.4, 0.5) is 5.69 Å². The normalized spacial score (nSPS) is 13.3. The Balaban J connectivity index is 1.42. The molecule has 1 amide bonds. The van der Waals surface area contributed by atoms with E-state index < -0.39 is 15.9 Å². The molecule has 1 aliphatic heterocycles. The van der Waals surface area contributed by atoms with Crippen molar-refractivity contribution in [2.24, 2.45) is 12.0 Å². The van der Waals surface area contributed by atoms with Gasteiger partial charge in [-0.1, -0.05) is 17.4 Å². The topological polar surface area (TPSA) is 108 Å². The average Bonchev–Trinajstić information content (AvgIpc) is 3.41. The van der Waals surface area contributed by atoms with Gasteiger partial charge in [-0.2, -0.15) is 4.99 Å². The smallest absolute Gasteiger partial charge is 0.279 e. The number of nitrogens with one attached hydrogen (secondary N) is 1. The van der Waals surface area contributed by atoms with Gasteiger partial charge in [0, 0.05) is 30.4 Å². The van der Waals surface area contributed by atoms with Gasteiger partial charge in [-0.3, -0.25) is 9.52 Å². The highest BCUT2D eigenvalue weighted by atomic mass is 32.2. The molecule has 0 saturated heterocycles. The fourth-order valence-corrected chi connectivity index (χ4v) is 5.54. The first-order valence-corrected chi connectivity index (χ1v) is 12.4. The molecular formula is C23H19N3O6S2. The van der Waals surface area contributed by atoms with Crippen molar-refractivity contribution in [1.82, 2.24) is 4.57 Å². The molecule has 2 heterocycles. The maximum Gasteiger partial charge on any atom is 0.279 e. The first-order valence-electron chi connectivity index (χ1n) is 10.1. The van der Waals surface area contributed by atoms with Crippen molar-refractivity contribution < 1.29 is 27.4 Å². The van der Waals surface area contributed by atoms with Gasteiger partial charge >= 0.3 is 0 Å². The van der Waals surface area contributed by atoms with Crippen molar-refractivity contribution in [2.75, 3.05) is 18.6 Å². The number of hydrogen-bond donors (Lipinski definition) is 1. The van der Waals surface area contributed by atoms with E-state index in [0.717, 1.165) is 10.2 Å². The summed E-state index contributed by atoms with van der Waals surface area (Å²) in [6.45, 7) is 0.185. The highest BCUT2D eigenvalue weighted by molar-refractivity contribution is 7.92. The Morgan fingerprint density at radius 2 is 1.82 bits per heavy atom. The monoisotopic (exact) mass is 497 g/mol. The minimum atomic E-state index is -3.84. The standard InChI is InChI=1S/C23H19N3O6S2/c1-26-18-11-19-20(32-13-31-19)12-21(18)33-23(26)24-22(27)14-4-3-5-15(10-14)25-34(28,29)17-8-6-16(30-2)7-9-17/h3-12,25H,13H2,1-2H3. The molecule has 174 valence electrons. The average molecular weight is 498 g/mol. The summed E-state index contributed by atoms with van der Waals surface area (Å²) in [5.41, 5.74) is 1.37. The molecule has 0 bridgehead atoms. The van der Waals surface area contributed by atoms with Crippen LogP contribution >= 0.6 is 11.3 Å².